The first-order chi connectivity index (χ1) is 8.65. The van der Waals surface area contributed by atoms with E-state index in [-0.39, 0.29) is 22.9 Å². The molecule has 3 rings (SSSR count). The molecule has 3 aliphatic carbocycles. The molecular formula is C17H26O2. The van der Waals surface area contributed by atoms with E-state index in [0.717, 1.165) is 0 Å². The number of hydrogen-bond acceptors (Lipinski definition) is 2. The highest BCUT2D eigenvalue weighted by molar-refractivity contribution is 5.75. The molecule has 0 heterocycles. The van der Waals surface area contributed by atoms with Gasteiger partial charge in [-0.3, -0.25) is 4.79 Å². The molecule has 4 unspecified atom stereocenters. The second-order valence-electron chi connectivity index (χ2n) is 8.49. The highest BCUT2D eigenvalue weighted by atomic mass is 16.6. The van der Waals surface area contributed by atoms with Crippen LogP contribution in [0.5, 0.6) is 0 Å². The number of hydrogen-bond donors (Lipinski definition) is 0. The minimum Gasteiger partial charge on any atom is -0.460 e. The summed E-state index contributed by atoms with van der Waals surface area (Å²) in [5, 5.41) is 0. The molecule has 0 saturated heterocycles. The first kappa shape index (κ1) is 13.2. The van der Waals surface area contributed by atoms with Gasteiger partial charge in [-0.25, -0.2) is 0 Å². The maximum absolute atomic E-state index is 12.6. The Hall–Kier alpha value is -0.790. The molecule has 0 aromatic heterocycles. The van der Waals surface area contributed by atoms with Crippen molar-refractivity contribution in [3.63, 3.8) is 0 Å². The molecule has 0 aliphatic heterocycles. The van der Waals surface area contributed by atoms with Crippen LogP contribution in [0.25, 0.3) is 0 Å². The number of ether oxygens (including phenoxy) is 1. The molecule has 0 radical (unpaired) electrons. The lowest BCUT2D eigenvalue weighted by atomic mass is 9.67. The van der Waals surface area contributed by atoms with Gasteiger partial charge in [-0.05, 0) is 62.7 Å². The number of fused-ring (bicyclic) bond motifs is 1. The largest absolute Gasteiger partial charge is 0.460 e. The van der Waals surface area contributed by atoms with E-state index in [0.29, 0.717) is 17.3 Å². The number of allylic oxidation sites excluding steroid dienone is 2. The van der Waals surface area contributed by atoms with Crippen LogP contribution in [0.15, 0.2) is 12.2 Å². The van der Waals surface area contributed by atoms with E-state index in [4.69, 9.17) is 4.74 Å². The molecule has 2 nitrogen and oxygen atoms in total. The van der Waals surface area contributed by atoms with Gasteiger partial charge in [-0.2, -0.15) is 0 Å². The Bertz CT molecular complexity index is 441. The average Bonchev–Trinajstić information content (AvgIpc) is 2.86. The van der Waals surface area contributed by atoms with Crippen molar-refractivity contribution >= 4 is 5.97 Å². The van der Waals surface area contributed by atoms with Crippen molar-refractivity contribution in [1.82, 2.24) is 0 Å². The van der Waals surface area contributed by atoms with Gasteiger partial charge in [-0.15, -0.1) is 0 Å². The zero-order valence-electron chi connectivity index (χ0n) is 12.8. The lowest BCUT2D eigenvalue weighted by Gasteiger charge is -2.38. The van der Waals surface area contributed by atoms with Gasteiger partial charge >= 0.3 is 5.97 Å². The molecule has 2 saturated carbocycles. The maximum Gasteiger partial charge on any atom is 0.310 e. The minimum atomic E-state index is -0.376. The van der Waals surface area contributed by atoms with Crippen LogP contribution in [0.2, 0.25) is 0 Å². The van der Waals surface area contributed by atoms with Crippen molar-refractivity contribution in [2.24, 2.45) is 28.6 Å². The zero-order valence-corrected chi connectivity index (χ0v) is 12.8. The fraction of sp³-hybridized carbons (Fsp3) is 0.824. The van der Waals surface area contributed by atoms with Crippen LogP contribution < -0.4 is 0 Å². The van der Waals surface area contributed by atoms with Crippen molar-refractivity contribution in [3.8, 4) is 0 Å². The molecule has 0 amide bonds. The van der Waals surface area contributed by atoms with Crippen LogP contribution in [-0.4, -0.2) is 11.6 Å². The summed E-state index contributed by atoms with van der Waals surface area (Å²) < 4.78 is 5.70. The van der Waals surface area contributed by atoms with Crippen molar-refractivity contribution < 1.29 is 9.53 Å². The Morgan fingerprint density at radius 3 is 2.58 bits per heavy atom. The van der Waals surface area contributed by atoms with Crippen LogP contribution in [0.1, 0.15) is 53.9 Å². The molecule has 0 aromatic rings. The van der Waals surface area contributed by atoms with Gasteiger partial charge in [0.25, 0.3) is 0 Å². The lowest BCUT2D eigenvalue weighted by molar-refractivity contribution is -0.164. The van der Waals surface area contributed by atoms with E-state index >= 15 is 0 Å². The van der Waals surface area contributed by atoms with E-state index in [1.807, 2.05) is 20.8 Å². The Balaban J connectivity index is 1.91. The number of rotatable bonds is 1. The Morgan fingerprint density at radius 1 is 1.26 bits per heavy atom. The number of carbonyl (C=O) groups is 1. The van der Waals surface area contributed by atoms with E-state index < -0.39 is 0 Å². The van der Waals surface area contributed by atoms with Crippen LogP contribution in [0.4, 0.5) is 0 Å². The monoisotopic (exact) mass is 262 g/mol. The van der Waals surface area contributed by atoms with Gasteiger partial charge in [-0.1, -0.05) is 26.0 Å². The van der Waals surface area contributed by atoms with Gasteiger partial charge in [0.2, 0.25) is 0 Å². The first-order valence-electron chi connectivity index (χ1n) is 7.57. The molecule has 2 fully saturated rings. The van der Waals surface area contributed by atoms with Gasteiger partial charge in [0.1, 0.15) is 5.60 Å². The normalized spacial score (nSPS) is 42.5. The molecule has 2 bridgehead atoms. The predicted octanol–water partition coefficient (Wildman–Crippen LogP) is 3.96. The van der Waals surface area contributed by atoms with Crippen LogP contribution in [0.3, 0.4) is 0 Å². The van der Waals surface area contributed by atoms with Gasteiger partial charge in [0.05, 0.1) is 5.92 Å². The summed E-state index contributed by atoms with van der Waals surface area (Å²) in [6.07, 6.45) is 8.35. The first-order valence-corrected chi connectivity index (χ1v) is 7.57. The summed E-state index contributed by atoms with van der Waals surface area (Å²) in [5.41, 5.74) is 0.190. The summed E-state index contributed by atoms with van der Waals surface area (Å²) in [7, 11) is 0. The molecule has 4 atom stereocenters. The van der Waals surface area contributed by atoms with Crippen molar-refractivity contribution in [3.05, 3.63) is 12.2 Å². The summed E-state index contributed by atoms with van der Waals surface area (Å²) in [4.78, 5) is 12.6. The van der Waals surface area contributed by atoms with E-state index in [1.54, 1.807) is 0 Å². The fourth-order valence-electron chi connectivity index (χ4n) is 4.97. The van der Waals surface area contributed by atoms with Crippen LogP contribution >= 0.6 is 0 Å². The molecule has 0 N–H and O–H groups in total. The third-order valence-corrected chi connectivity index (χ3v) is 5.49. The predicted molar refractivity (Wildman–Crippen MR) is 75.5 cm³/mol. The number of esters is 1. The Labute approximate surface area is 116 Å². The Morgan fingerprint density at radius 2 is 1.95 bits per heavy atom. The maximum atomic E-state index is 12.6. The Kier molecular flexibility index (Phi) is 2.54. The zero-order chi connectivity index (χ0) is 14.1. The molecule has 0 aromatic carbocycles. The minimum absolute atomic E-state index is 0.0312. The molecule has 1 spiro atoms. The topological polar surface area (TPSA) is 26.3 Å². The summed E-state index contributed by atoms with van der Waals surface area (Å²) in [6.45, 7) is 10.5. The lowest BCUT2D eigenvalue weighted by Crippen LogP contribution is -2.40. The summed E-state index contributed by atoms with van der Waals surface area (Å²) in [5.74, 6) is 1.01. The van der Waals surface area contributed by atoms with Gasteiger partial charge in [0.15, 0.2) is 0 Å². The molecule has 3 aliphatic rings. The second-order valence-corrected chi connectivity index (χ2v) is 8.49. The van der Waals surface area contributed by atoms with Gasteiger partial charge < -0.3 is 4.74 Å². The third-order valence-electron chi connectivity index (χ3n) is 5.49. The van der Waals surface area contributed by atoms with Crippen LogP contribution in [0, 0.1) is 28.6 Å². The molecule has 19 heavy (non-hydrogen) atoms. The highest BCUT2D eigenvalue weighted by Crippen LogP contribution is 2.69. The standard InChI is InChI=1S/C17H26O2/c1-15(2,3)19-14(18)12-11-6-7-17(10-11)9-8-16(4,5)13(12)17/h6-7,11-13H,8-10H2,1-5H3. The SMILES string of the molecule is CC(C)(C)OC(=O)C1C2C=CC3(CCC(C)(C)C13)C2. The molecule has 2 heteroatoms. The quantitative estimate of drug-likeness (QED) is 0.528. The van der Waals surface area contributed by atoms with E-state index in [2.05, 4.69) is 26.0 Å². The van der Waals surface area contributed by atoms with Gasteiger partial charge in [0, 0.05) is 0 Å². The highest BCUT2D eigenvalue weighted by Gasteiger charge is 2.65. The van der Waals surface area contributed by atoms with Crippen molar-refractivity contribution in [2.45, 2.75) is 59.5 Å². The summed E-state index contributed by atoms with van der Waals surface area (Å²) in [6, 6.07) is 0. The second kappa shape index (κ2) is 3.65. The number of carbonyl (C=O) groups excluding carboxylic acids is 1. The van der Waals surface area contributed by atoms with Crippen LogP contribution in [-0.2, 0) is 9.53 Å². The molecular weight excluding hydrogens is 236 g/mol. The smallest absolute Gasteiger partial charge is 0.310 e. The van der Waals surface area contributed by atoms with Crippen molar-refractivity contribution in [1.29, 1.82) is 0 Å². The summed E-state index contributed by atoms with van der Waals surface area (Å²) >= 11 is 0. The van der Waals surface area contributed by atoms with E-state index in [9.17, 15) is 4.79 Å². The third kappa shape index (κ3) is 1.86. The van der Waals surface area contributed by atoms with Crippen molar-refractivity contribution in [2.75, 3.05) is 0 Å². The fourth-order valence-corrected chi connectivity index (χ4v) is 4.97. The molecule has 106 valence electrons. The average molecular weight is 262 g/mol. The van der Waals surface area contributed by atoms with E-state index in [1.165, 1.54) is 19.3 Å².